The predicted molar refractivity (Wildman–Crippen MR) is 99.7 cm³/mol. The number of hydrogen-bond acceptors (Lipinski definition) is 4. The minimum atomic E-state index is -4.37. The van der Waals surface area contributed by atoms with Gasteiger partial charge in [0.25, 0.3) is 0 Å². The van der Waals surface area contributed by atoms with Gasteiger partial charge in [0.1, 0.15) is 11.9 Å². The molecule has 0 spiro atoms. The van der Waals surface area contributed by atoms with Crippen molar-refractivity contribution in [3.05, 3.63) is 65.7 Å². The molecule has 0 aliphatic heterocycles. The normalized spacial score (nSPS) is 11.9. The molecule has 2 rings (SSSR count). The summed E-state index contributed by atoms with van der Waals surface area (Å²) in [6, 6.07) is 14.6. The van der Waals surface area contributed by atoms with Crippen LogP contribution in [0.4, 0.5) is 13.2 Å². The van der Waals surface area contributed by atoms with Gasteiger partial charge < -0.3 is 19.8 Å². The molecule has 6 nitrogen and oxygen atoms in total. The van der Waals surface area contributed by atoms with E-state index in [1.165, 1.54) is 6.07 Å². The van der Waals surface area contributed by atoms with Gasteiger partial charge in [-0.25, -0.2) is 9.59 Å². The highest BCUT2D eigenvalue weighted by molar-refractivity contribution is 6.27. The Morgan fingerprint density at radius 2 is 1.59 bits per heavy atom. The smallest absolute Gasteiger partial charge is 0.416 e. The number of halogens is 3. The van der Waals surface area contributed by atoms with E-state index in [2.05, 4.69) is 0 Å². The van der Waals surface area contributed by atoms with Crippen molar-refractivity contribution in [1.29, 1.82) is 0 Å². The summed E-state index contributed by atoms with van der Waals surface area (Å²) >= 11 is 0. The third kappa shape index (κ3) is 9.11. The molecule has 2 aromatic carbocycles. The van der Waals surface area contributed by atoms with Gasteiger partial charge in [0, 0.05) is 13.0 Å². The van der Waals surface area contributed by atoms with E-state index in [-0.39, 0.29) is 11.9 Å². The van der Waals surface area contributed by atoms with E-state index in [1.807, 2.05) is 49.3 Å². The highest BCUT2D eigenvalue weighted by Gasteiger charge is 2.30. The summed E-state index contributed by atoms with van der Waals surface area (Å²) in [6.07, 6.45) is -3.97. The number of carboxylic acid groups (broad SMARTS) is 2. The van der Waals surface area contributed by atoms with Crippen molar-refractivity contribution in [2.45, 2.75) is 18.7 Å². The summed E-state index contributed by atoms with van der Waals surface area (Å²) in [7, 11) is 3.90. The van der Waals surface area contributed by atoms with Crippen molar-refractivity contribution in [2.75, 3.05) is 20.6 Å². The van der Waals surface area contributed by atoms with Crippen LogP contribution in [0.1, 0.15) is 23.7 Å². The third-order valence-corrected chi connectivity index (χ3v) is 3.63. The lowest BCUT2D eigenvalue weighted by molar-refractivity contribution is -0.159. The standard InChI is InChI=1S/C18H20F3NO.C2H2O4/c1-22(2)12-11-17(14-7-4-3-5-8-14)23-16-10-6-9-15(13-16)18(19,20)21;3-1(4)2(5)6/h3-10,13,17H,11-12H2,1-2H3;(H,3,4)(H,5,6). The molecule has 158 valence electrons. The first-order chi connectivity index (χ1) is 13.5. The van der Waals surface area contributed by atoms with Gasteiger partial charge in [0.15, 0.2) is 0 Å². The van der Waals surface area contributed by atoms with E-state index in [0.29, 0.717) is 6.42 Å². The number of alkyl halides is 3. The summed E-state index contributed by atoms with van der Waals surface area (Å²) in [5, 5.41) is 14.8. The van der Waals surface area contributed by atoms with Crippen molar-refractivity contribution >= 4 is 11.9 Å². The topological polar surface area (TPSA) is 87.1 Å². The first-order valence-corrected chi connectivity index (χ1v) is 8.50. The van der Waals surface area contributed by atoms with E-state index in [0.717, 1.165) is 24.2 Å². The second kappa shape index (κ2) is 11.1. The molecule has 0 bridgehead atoms. The lowest BCUT2D eigenvalue weighted by Crippen LogP contribution is -2.19. The summed E-state index contributed by atoms with van der Waals surface area (Å²) < 4.78 is 44.3. The average Bonchev–Trinajstić information content (AvgIpc) is 2.65. The van der Waals surface area contributed by atoms with Crippen LogP contribution in [-0.4, -0.2) is 47.7 Å². The molecule has 0 aliphatic carbocycles. The Morgan fingerprint density at radius 3 is 2.07 bits per heavy atom. The molecule has 0 fully saturated rings. The summed E-state index contributed by atoms with van der Waals surface area (Å²) in [6.45, 7) is 0.776. The van der Waals surface area contributed by atoms with Crippen LogP contribution in [-0.2, 0) is 15.8 Å². The van der Waals surface area contributed by atoms with Crippen molar-refractivity contribution in [1.82, 2.24) is 4.90 Å². The molecular formula is C20H22F3NO5. The van der Waals surface area contributed by atoms with Crippen LogP contribution in [0.15, 0.2) is 54.6 Å². The van der Waals surface area contributed by atoms with Gasteiger partial charge in [-0.3, -0.25) is 0 Å². The van der Waals surface area contributed by atoms with E-state index < -0.39 is 23.7 Å². The van der Waals surface area contributed by atoms with E-state index >= 15 is 0 Å². The highest BCUT2D eigenvalue weighted by Crippen LogP contribution is 2.33. The monoisotopic (exact) mass is 413 g/mol. The molecular weight excluding hydrogens is 391 g/mol. The fourth-order valence-corrected chi connectivity index (χ4v) is 2.25. The van der Waals surface area contributed by atoms with Gasteiger partial charge in [-0.15, -0.1) is 0 Å². The molecule has 0 heterocycles. The lowest BCUT2D eigenvalue weighted by Gasteiger charge is -2.22. The van der Waals surface area contributed by atoms with Crippen LogP contribution in [0, 0.1) is 0 Å². The molecule has 29 heavy (non-hydrogen) atoms. The van der Waals surface area contributed by atoms with Crippen LogP contribution < -0.4 is 4.74 Å². The van der Waals surface area contributed by atoms with E-state index in [4.69, 9.17) is 24.5 Å². The Morgan fingerprint density at radius 1 is 1.00 bits per heavy atom. The maximum absolute atomic E-state index is 12.8. The average molecular weight is 413 g/mol. The molecule has 2 aromatic rings. The quantitative estimate of drug-likeness (QED) is 0.698. The van der Waals surface area contributed by atoms with Gasteiger partial charge >= 0.3 is 18.1 Å². The Balaban J connectivity index is 0.000000612. The SMILES string of the molecule is CN(C)CCC(Oc1cccc(C(F)(F)F)c1)c1ccccc1.O=C(O)C(=O)O. The number of carboxylic acids is 2. The zero-order valence-corrected chi connectivity index (χ0v) is 15.9. The van der Waals surface area contributed by atoms with Gasteiger partial charge in [0.05, 0.1) is 5.56 Å². The van der Waals surface area contributed by atoms with Gasteiger partial charge in [-0.2, -0.15) is 13.2 Å². The van der Waals surface area contributed by atoms with Crippen LogP contribution >= 0.6 is 0 Å². The van der Waals surface area contributed by atoms with Crippen LogP contribution in [0.5, 0.6) is 5.75 Å². The molecule has 0 aromatic heterocycles. The minimum Gasteiger partial charge on any atom is -0.486 e. The predicted octanol–water partition coefficient (Wildman–Crippen LogP) is 3.93. The maximum atomic E-state index is 12.8. The van der Waals surface area contributed by atoms with Crippen molar-refractivity contribution < 1.29 is 37.7 Å². The maximum Gasteiger partial charge on any atom is 0.416 e. The third-order valence-electron chi connectivity index (χ3n) is 3.63. The first-order valence-electron chi connectivity index (χ1n) is 8.50. The van der Waals surface area contributed by atoms with Gasteiger partial charge in [0.2, 0.25) is 0 Å². The number of carbonyl (C=O) groups is 2. The number of aliphatic carboxylic acids is 2. The van der Waals surface area contributed by atoms with Crippen molar-refractivity contribution in [3.63, 3.8) is 0 Å². The van der Waals surface area contributed by atoms with E-state index in [9.17, 15) is 13.2 Å². The van der Waals surface area contributed by atoms with E-state index in [1.54, 1.807) is 6.07 Å². The summed E-state index contributed by atoms with van der Waals surface area (Å²) in [4.78, 5) is 20.2. The van der Waals surface area contributed by atoms with Gasteiger partial charge in [-0.05, 0) is 37.9 Å². The lowest BCUT2D eigenvalue weighted by atomic mass is 10.1. The van der Waals surface area contributed by atoms with Crippen LogP contribution in [0.2, 0.25) is 0 Å². The molecule has 0 saturated carbocycles. The fourth-order valence-electron chi connectivity index (χ4n) is 2.25. The number of ether oxygens (including phenoxy) is 1. The zero-order valence-electron chi connectivity index (χ0n) is 15.9. The first kappa shape index (κ1) is 24.0. The zero-order chi connectivity index (χ0) is 22.0. The minimum absolute atomic E-state index is 0.229. The molecule has 0 amide bonds. The fraction of sp³-hybridized carbons (Fsp3) is 0.300. The molecule has 0 radical (unpaired) electrons. The van der Waals surface area contributed by atoms with Crippen LogP contribution in [0.3, 0.4) is 0 Å². The molecule has 0 aliphatic rings. The second-order valence-corrected chi connectivity index (χ2v) is 6.25. The summed E-state index contributed by atoms with van der Waals surface area (Å²) in [5.74, 6) is -3.42. The molecule has 0 saturated heterocycles. The van der Waals surface area contributed by atoms with Crippen molar-refractivity contribution in [2.24, 2.45) is 0 Å². The Bertz CT molecular complexity index is 782. The molecule has 1 unspecified atom stereocenters. The Labute approximate surface area is 166 Å². The second-order valence-electron chi connectivity index (χ2n) is 6.25. The van der Waals surface area contributed by atoms with Gasteiger partial charge in [-0.1, -0.05) is 36.4 Å². The highest BCUT2D eigenvalue weighted by atomic mass is 19.4. The van der Waals surface area contributed by atoms with Crippen molar-refractivity contribution in [3.8, 4) is 5.75 Å². The van der Waals surface area contributed by atoms with Crippen LogP contribution in [0.25, 0.3) is 0 Å². The number of hydrogen-bond donors (Lipinski definition) is 2. The Hall–Kier alpha value is -3.07. The molecule has 9 heteroatoms. The Kier molecular flexibility index (Phi) is 9.14. The largest absolute Gasteiger partial charge is 0.486 e. The summed E-state index contributed by atoms with van der Waals surface area (Å²) in [5.41, 5.74) is 0.251. The molecule has 1 atom stereocenters. The number of benzene rings is 2. The molecule has 2 N–H and O–H groups in total. The number of nitrogens with zero attached hydrogens (tertiary/aromatic N) is 1. The number of rotatable bonds is 6.